The second kappa shape index (κ2) is 9.46. The molecule has 1 aliphatic heterocycles. The first-order valence-electron chi connectivity index (χ1n) is 11.6. The van der Waals surface area contributed by atoms with Gasteiger partial charge in [-0.05, 0) is 42.0 Å². The number of aliphatic hydroxyl groups excluding tert-OH is 1. The summed E-state index contributed by atoms with van der Waals surface area (Å²) in [6.07, 6.45) is 1.86. The molecular formula is C29H25FN2O5. The third-order valence-electron chi connectivity index (χ3n) is 6.69. The monoisotopic (exact) mass is 500 g/mol. The Labute approximate surface area is 213 Å². The number of carbonyl (C=O) groups is 2. The van der Waals surface area contributed by atoms with Gasteiger partial charge >= 0.3 is 0 Å². The van der Waals surface area contributed by atoms with E-state index in [-0.39, 0.29) is 17.9 Å². The van der Waals surface area contributed by atoms with Crippen molar-refractivity contribution in [3.05, 3.63) is 101 Å². The van der Waals surface area contributed by atoms with Crippen LogP contribution in [-0.2, 0) is 23.2 Å². The van der Waals surface area contributed by atoms with Crippen molar-refractivity contribution in [2.24, 2.45) is 7.05 Å². The van der Waals surface area contributed by atoms with Crippen LogP contribution in [0, 0.1) is 5.82 Å². The van der Waals surface area contributed by atoms with Crippen LogP contribution < -0.4 is 9.47 Å². The van der Waals surface area contributed by atoms with Crippen LogP contribution in [0.1, 0.15) is 22.7 Å². The van der Waals surface area contributed by atoms with E-state index in [2.05, 4.69) is 0 Å². The Kier molecular flexibility index (Phi) is 6.17. The van der Waals surface area contributed by atoms with Crippen LogP contribution in [0.5, 0.6) is 11.5 Å². The first-order valence-corrected chi connectivity index (χ1v) is 11.6. The third kappa shape index (κ3) is 4.10. The number of amides is 1. The van der Waals surface area contributed by atoms with E-state index in [4.69, 9.17) is 9.47 Å². The minimum atomic E-state index is -0.871. The molecule has 1 atom stereocenters. The highest BCUT2D eigenvalue weighted by Gasteiger charge is 2.47. The van der Waals surface area contributed by atoms with E-state index in [1.807, 2.05) is 42.1 Å². The molecule has 8 heteroatoms. The Bertz CT molecular complexity index is 1550. The molecule has 0 bridgehead atoms. The molecule has 0 aliphatic carbocycles. The van der Waals surface area contributed by atoms with Gasteiger partial charge in [-0.1, -0.05) is 30.3 Å². The number of Topliss-reactive ketones (excluding diaryl/α,β-unsaturated/α-hetero) is 1. The second-order valence-corrected chi connectivity index (χ2v) is 8.84. The number of fused-ring (bicyclic) bond motifs is 1. The lowest BCUT2D eigenvalue weighted by Gasteiger charge is -2.25. The predicted octanol–water partition coefficient (Wildman–Crippen LogP) is 4.96. The molecule has 1 N–H and O–H groups in total. The molecule has 0 saturated carbocycles. The topological polar surface area (TPSA) is 81.0 Å². The number of likely N-dealkylation sites (tertiary alicyclic amines) is 1. The summed E-state index contributed by atoms with van der Waals surface area (Å²) in [7, 11) is 4.85. The lowest BCUT2D eigenvalue weighted by Crippen LogP contribution is -2.29. The number of aliphatic hydroxyl groups is 1. The van der Waals surface area contributed by atoms with E-state index in [0.717, 1.165) is 10.9 Å². The molecule has 1 aliphatic rings. The SMILES string of the molecule is COc1ccc(/C(O)=C2\C(=O)C(=O)N(Cc3ccc(F)cc3)C2c2cn(C)c3ccccc23)cc1OC. The fraction of sp³-hybridized carbons (Fsp3) is 0.172. The molecule has 1 amide bonds. The van der Waals surface area contributed by atoms with E-state index < -0.39 is 23.5 Å². The molecule has 37 heavy (non-hydrogen) atoms. The first kappa shape index (κ1) is 24.1. The Hall–Kier alpha value is -4.59. The minimum Gasteiger partial charge on any atom is -0.507 e. The van der Waals surface area contributed by atoms with Gasteiger partial charge in [0.05, 0.1) is 25.8 Å². The summed E-state index contributed by atoms with van der Waals surface area (Å²) < 4.78 is 26.1. The summed E-state index contributed by atoms with van der Waals surface area (Å²) in [6, 6.07) is 17.3. The Morgan fingerprint density at radius 3 is 2.38 bits per heavy atom. The number of rotatable bonds is 6. The van der Waals surface area contributed by atoms with E-state index in [1.54, 1.807) is 30.3 Å². The number of aryl methyl sites for hydroxylation is 1. The number of aromatic nitrogens is 1. The van der Waals surface area contributed by atoms with Crippen LogP contribution >= 0.6 is 0 Å². The second-order valence-electron chi connectivity index (χ2n) is 8.84. The molecule has 5 rings (SSSR count). The number of hydrogen-bond acceptors (Lipinski definition) is 5. The summed E-state index contributed by atoms with van der Waals surface area (Å²) >= 11 is 0. The number of methoxy groups -OCH3 is 2. The molecule has 0 spiro atoms. The average molecular weight is 501 g/mol. The van der Waals surface area contributed by atoms with Crippen molar-refractivity contribution in [2.75, 3.05) is 14.2 Å². The van der Waals surface area contributed by atoms with Crippen molar-refractivity contribution in [3.63, 3.8) is 0 Å². The van der Waals surface area contributed by atoms with Crippen LogP contribution in [0.2, 0.25) is 0 Å². The molecule has 188 valence electrons. The van der Waals surface area contributed by atoms with Crippen molar-refractivity contribution in [1.82, 2.24) is 9.47 Å². The molecule has 7 nitrogen and oxygen atoms in total. The summed E-state index contributed by atoms with van der Waals surface area (Å²) in [5.41, 5.74) is 2.54. The third-order valence-corrected chi connectivity index (χ3v) is 6.69. The molecule has 1 saturated heterocycles. The van der Waals surface area contributed by atoms with Gasteiger partial charge in [-0.25, -0.2) is 4.39 Å². The normalized spacial score (nSPS) is 17.0. The number of ether oxygens (including phenoxy) is 2. The zero-order chi connectivity index (χ0) is 26.3. The molecule has 1 unspecified atom stereocenters. The number of carbonyl (C=O) groups excluding carboxylic acids is 2. The quantitative estimate of drug-likeness (QED) is 0.230. The predicted molar refractivity (Wildman–Crippen MR) is 137 cm³/mol. The Morgan fingerprint density at radius 2 is 1.68 bits per heavy atom. The number of para-hydroxylation sites is 1. The molecule has 3 aromatic carbocycles. The number of halogens is 1. The van der Waals surface area contributed by atoms with E-state index in [1.165, 1.54) is 31.3 Å². The summed E-state index contributed by atoms with van der Waals surface area (Å²) in [5.74, 6) is -1.43. The lowest BCUT2D eigenvalue weighted by atomic mass is 9.94. The van der Waals surface area contributed by atoms with Crippen LogP contribution in [0.4, 0.5) is 4.39 Å². The fourth-order valence-electron chi connectivity index (χ4n) is 4.88. The number of nitrogens with zero attached hydrogens (tertiary/aromatic N) is 2. The number of benzene rings is 3. The lowest BCUT2D eigenvalue weighted by molar-refractivity contribution is -0.140. The first-order chi connectivity index (χ1) is 17.8. The molecule has 4 aromatic rings. The van der Waals surface area contributed by atoms with Crippen molar-refractivity contribution >= 4 is 28.4 Å². The van der Waals surface area contributed by atoms with Crippen molar-refractivity contribution < 1.29 is 28.6 Å². The average Bonchev–Trinajstić information content (AvgIpc) is 3.37. The van der Waals surface area contributed by atoms with Gasteiger partial charge in [0.25, 0.3) is 11.7 Å². The largest absolute Gasteiger partial charge is 0.507 e. The maximum Gasteiger partial charge on any atom is 0.295 e. The molecule has 2 heterocycles. The van der Waals surface area contributed by atoms with E-state index in [9.17, 15) is 19.1 Å². The summed E-state index contributed by atoms with van der Waals surface area (Å²) in [4.78, 5) is 28.2. The van der Waals surface area contributed by atoms with Gasteiger partial charge in [-0.15, -0.1) is 0 Å². The van der Waals surface area contributed by atoms with Crippen molar-refractivity contribution in [3.8, 4) is 11.5 Å². The van der Waals surface area contributed by atoms with Crippen LogP contribution in [0.15, 0.2) is 78.5 Å². The zero-order valence-corrected chi connectivity index (χ0v) is 20.6. The van der Waals surface area contributed by atoms with Crippen molar-refractivity contribution in [1.29, 1.82) is 0 Å². The summed E-state index contributed by atoms with van der Waals surface area (Å²) in [6.45, 7) is 0.0570. The molecule has 1 aromatic heterocycles. The zero-order valence-electron chi connectivity index (χ0n) is 20.6. The van der Waals surface area contributed by atoms with Crippen LogP contribution in [-0.4, -0.2) is 40.5 Å². The van der Waals surface area contributed by atoms with Gasteiger partial charge in [0.15, 0.2) is 11.5 Å². The highest BCUT2D eigenvalue weighted by Crippen LogP contribution is 2.43. The standard InChI is InChI=1S/C29H25FN2O5/c1-31-16-21(20-6-4-5-7-22(20)31)26-25(27(33)18-10-13-23(36-2)24(14-18)37-3)28(34)29(35)32(26)15-17-8-11-19(30)12-9-17/h4-14,16,26,33H,15H2,1-3H3/b27-25+. The summed E-state index contributed by atoms with van der Waals surface area (Å²) in [5, 5.41) is 12.3. The van der Waals surface area contributed by atoms with Crippen LogP contribution in [0.25, 0.3) is 16.7 Å². The van der Waals surface area contributed by atoms with Gasteiger partial charge in [-0.2, -0.15) is 0 Å². The van der Waals surface area contributed by atoms with Crippen molar-refractivity contribution in [2.45, 2.75) is 12.6 Å². The highest BCUT2D eigenvalue weighted by molar-refractivity contribution is 6.46. The minimum absolute atomic E-state index is 0.0318. The van der Waals surface area contributed by atoms with Gasteiger partial charge in [0, 0.05) is 41.8 Å². The molecule has 0 radical (unpaired) electrons. The maximum atomic E-state index is 13.5. The van der Waals surface area contributed by atoms with E-state index in [0.29, 0.717) is 28.2 Å². The van der Waals surface area contributed by atoms with E-state index >= 15 is 0 Å². The van der Waals surface area contributed by atoms with Gasteiger partial charge in [0.2, 0.25) is 0 Å². The Balaban J connectivity index is 1.72. The van der Waals surface area contributed by atoms with Crippen LogP contribution in [0.3, 0.4) is 0 Å². The van der Waals surface area contributed by atoms with Gasteiger partial charge in [0.1, 0.15) is 11.6 Å². The Morgan fingerprint density at radius 1 is 0.973 bits per heavy atom. The molecular weight excluding hydrogens is 475 g/mol. The number of ketones is 1. The highest BCUT2D eigenvalue weighted by atomic mass is 19.1. The maximum absolute atomic E-state index is 13.5. The molecule has 1 fully saturated rings. The fourth-order valence-corrected chi connectivity index (χ4v) is 4.88. The number of hydrogen-bond donors (Lipinski definition) is 1. The smallest absolute Gasteiger partial charge is 0.295 e. The van der Waals surface area contributed by atoms with Gasteiger partial charge in [-0.3, -0.25) is 9.59 Å². The van der Waals surface area contributed by atoms with Gasteiger partial charge < -0.3 is 24.0 Å².